The Balaban J connectivity index is 1.93. The quantitative estimate of drug-likeness (QED) is 0.767. The molecule has 2 aliphatic rings. The Morgan fingerprint density at radius 2 is 2.16 bits per heavy atom. The maximum absolute atomic E-state index is 11.7. The van der Waals surface area contributed by atoms with Gasteiger partial charge in [-0.05, 0) is 25.7 Å². The van der Waals surface area contributed by atoms with Crippen LogP contribution in [0.3, 0.4) is 0 Å². The van der Waals surface area contributed by atoms with Gasteiger partial charge in [0, 0.05) is 26.2 Å². The van der Waals surface area contributed by atoms with E-state index in [0.29, 0.717) is 26.0 Å². The smallest absolute Gasteiger partial charge is 0.324 e. The van der Waals surface area contributed by atoms with Crippen molar-refractivity contribution in [3.63, 3.8) is 0 Å². The van der Waals surface area contributed by atoms with Gasteiger partial charge in [-0.15, -0.1) is 0 Å². The predicted octanol–water partition coefficient (Wildman–Crippen LogP) is 1.56. The summed E-state index contributed by atoms with van der Waals surface area (Å²) < 4.78 is 11.2. The van der Waals surface area contributed by atoms with E-state index in [0.717, 1.165) is 32.3 Å². The summed E-state index contributed by atoms with van der Waals surface area (Å²) in [6, 6.07) is 0. The zero-order valence-corrected chi connectivity index (χ0v) is 11.7. The van der Waals surface area contributed by atoms with Gasteiger partial charge in [0.1, 0.15) is 5.54 Å². The molecule has 19 heavy (non-hydrogen) atoms. The lowest BCUT2D eigenvalue weighted by atomic mass is 9.85. The van der Waals surface area contributed by atoms with E-state index in [2.05, 4.69) is 12.2 Å². The van der Waals surface area contributed by atoms with Crippen molar-refractivity contribution in [1.29, 1.82) is 0 Å². The summed E-state index contributed by atoms with van der Waals surface area (Å²) in [6.07, 6.45) is 5.38. The van der Waals surface area contributed by atoms with Gasteiger partial charge in [0.25, 0.3) is 0 Å². The van der Waals surface area contributed by atoms with Gasteiger partial charge in [-0.3, -0.25) is 10.1 Å². The van der Waals surface area contributed by atoms with Gasteiger partial charge < -0.3 is 14.6 Å². The molecule has 2 heterocycles. The van der Waals surface area contributed by atoms with E-state index in [1.54, 1.807) is 0 Å². The van der Waals surface area contributed by atoms with Crippen molar-refractivity contribution in [3.05, 3.63) is 0 Å². The molecule has 3 atom stereocenters. The van der Waals surface area contributed by atoms with E-state index >= 15 is 0 Å². The number of ether oxygens (including phenoxy) is 2. The first kappa shape index (κ1) is 14.8. The summed E-state index contributed by atoms with van der Waals surface area (Å²) in [5, 5.41) is 12.9. The lowest BCUT2D eigenvalue weighted by molar-refractivity contribution is -0.152. The molecule has 2 fully saturated rings. The van der Waals surface area contributed by atoms with Gasteiger partial charge in [-0.2, -0.15) is 0 Å². The van der Waals surface area contributed by atoms with Gasteiger partial charge in [0.05, 0.1) is 12.2 Å². The molecule has 0 saturated carbocycles. The molecule has 3 unspecified atom stereocenters. The minimum Gasteiger partial charge on any atom is -0.480 e. The summed E-state index contributed by atoms with van der Waals surface area (Å²) >= 11 is 0. The fourth-order valence-corrected chi connectivity index (χ4v) is 3.00. The summed E-state index contributed by atoms with van der Waals surface area (Å²) in [6.45, 7) is 4.05. The Bertz CT molecular complexity index is 302. The molecule has 2 N–H and O–H groups in total. The van der Waals surface area contributed by atoms with Crippen molar-refractivity contribution in [1.82, 2.24) is 5.32 Å². The van der Waals surface area contributed by atoms with E-state index in [-0.39, 0.29) is 12.2 Å². The minimum atomic E-state index is -0.829. The number of nitrogens with one attached hydrogen (secondary N) is 1. The molecule has 0 radical (unpaired) electrons. The van der Waals surface area contributed by atoms with Crippen LogP contribution in [0.15, 0.2) is 0 Å². The Hall–Kier alpha value is -0.650. The van der Waals surface area contributed by atoms with Crippen molar-refractivity contribution in [3.8, 4) is 0 Å². The highest BCUT2D eigenvalue weighted by atomic mass is 16.5. The summed E-state index contributed by atoms with van der Waals surface area (Å²) in [7, 11) is 0. The number of carbonyl (C=O) groups is 1. The average Bonchev–Trinajstić information content (AvgIpc) is 2.90. The second-order valence-corrected chi connectivity index (χ2v) is 5.64. The van der Waals surface area contributed by atoms with Crippen LogP contribution in [0.4, 0.5) is 0 Å². The molecule has 5 heteroatoms. The molecule has 110 valence electrons. The molecule has 2 aliphatic heterocycles. The molecule has 5 nitrogen and oxygen atoms in total. The normalized spacial score (nSPS) is 35.4. The van der Waals surface area contributed by atoms with Crippen LogP contribution in [0, 0.1) is 0 Å². The molecule has 2 saturated heterocycles. The van der Waals surface area contributed by atoms with Crippen LogP contribution in [-0.4, -0.2) is 48.6 Å². The van der Waals surface area contributed by atoms with Gasteiger partial charge in [0.2, 0.25) is 0 Å². The van der Waals surface area contributed by atoms with Crippen molar-refractivity contribution >= 4 is 5.97 Å². The first-order valence-corrected chi connectivity index (χ1v) is 7.38. The third-order valence-corrected chi connectivity index (χ3v) is 4.17. The highest BCUT2D eigenvalue weighted by Gasteiger charge is 2.43. The molecule has 0 aromatic carbocycles. The molecule has 2 rings (SSSR count). The first-order valence-electron chi connectivity index (χ1n) is 7.38. The topological polar surface area (TPSA) is 67.8 Å². The Morgan fingerprint density at radius 3 is 2.79 bits per heavy atom. The van der Waals surface area contributed by atoms with Crippen molar-refractivity contribution in [2.24, 2.45) is 0 Å². The monoisotopic (exact) mass is 271 g/mol. The highest BCUT2D eigenvalue weighted by Crippen LogP contribution is 2.28. The van der Waals surface area contributed by atoms with E-state index in [4.69, 9.17) is 9.47 Å². The molecular formula is C14H25NO4. The van der Waals surface area contributed by atoms with E-state index in [9.17, 15) is 9.90 Å². The van der Waals surface area contributed by atoms with Gasteiger partial charge in [-0.25, -0.2) is 0 Å². The zero-order chi connectivity index (χ0) is 13.7. The molecule has 0 aliphatic carbocycles. The van der Waals surface area contributed by atoms with Gasteiger partial charge >= 0.3 is 5.97 Å². The van der Waals surface area contributed by atoms with Crippen molar-refractivity contribution in [2.45, 2.75) is 63.2 Å². The van der Waals surface area contributed by atoms with Crippen molar-refractivity contribution in [2.75, 3.05) is 19.8 Å². The van der Waals surface area contributed by atoms with Crippen LogP contribution in [-0.2, 0) is 14.3 Å². The maximum atomic E-state index is 11.7. The Kier molecular flexibility index (Phi) is 5.19. The van der Waals surface area contributed by atoms with E-state index < -0.39 is 11.5 Å². The molecule has 0 aromatic heterocycles. The zero-order valence-electron chi connectivity index (χ0n) is 11.7. The lowest BCUT2D eigenvalue weighted by Crippen LogP contribution is -2.58. The number of hydrogen-bond acceptors (Lipinski definition) is 4. The van der Waals surface area contributed by atoms with Gasteiger partial charge in [0.15, 0.2) is 0 Å². The number of carboxylic acids is 1. The fourth-order valence-electron chi connectivity index (χ4n) is 3.00. The number of aliphatic carboxylic acids is 1. The molecular weight excluding hydrogens is 246 g/mol. The maximum Gasteiger partial charge on any atom is 0.324 e. The second-order valence-electron chi connectivity index (χ2n) is 5.64. The van der Waals surface area contributed by atoms with Crippen LogP contribution in [0.25, 0.3) is 0 Å². The summed E-state index contributed by atoms with van der Waals surface area (Å²) in [5.74, 6) is -0.755. The van der Waals surface area contributed by atoms with E-state index in [1.165, 1.54) is 0 Å². The number of hydrogen-bond donors (Lipinski definition) is 2. The lowest BCUT2D eigenvalue weighted by Gasteiger charge is -2.39. The Morgan fingerprint density at radius 1 is 1.37 bits per heavy atom. The highest BCUT2D eigenvalue weighted by molar-refractivity contribution is 5.79. The van der Waals surface area contributed by atoms with Crippen LogP contribution < -0.4 is 5.32 Å². The minimum absolute atomic E-state index is 0.0619. The van der Waals surface area contributed by atoms with Gasteiger partial charge in [-0.1, -0.05) is 13.3 Å². The van der Waals surface area contributed by atoms with Crippen LogP contribution in [0.5, 0.6) is 0 Å². The molecule has 0 bridgehead atoms. The summed E-state index contributed by atoms with van der Waals surface area (Å²) in [5.41, 5.74) is -0.829. The van der Waals surface area contributed by atoms with E-state index in [1.807, 2.05) is 0 Å². The fraction of sp³-hybridized carbons (Fsp3) is 0.929. The third-order valence-electron chi connectivity index (χ3n) is 4.17. The molecule has 0 spiro atoms. The van der Waals surface area contributed by atoms with Crippen LogP contribution in [0.1, 0.15) is 45.4 Å². The SMILES string of the molecule is CCCC1CC(NCC2CCCO2)(C(=O)O)CCO1. The summed E-state index contributed by atoms with van der Waals surface area (Å²) in [4.78, 5) is 11.7. The van der Waals surface area contributed by atoms with Crippen LogP contribution >= 0.6 is 0 Å². The largest absolute Gasteiger partial charge is 0.480 e. The van der Waals surface area contributed by atoms with Crippen molar-refractivity contribution < 1.29 is 19.4 Å². The molecule has 0 amide bonds. The number of rotatable bonds is 6. The first-order chi connectivity index (χ1) is 9.16. The number of carboxylic acid groups (broad SMARTS) is 1. The third kappa shape index (κ3) is 3.68. The second kappa shape index (κ2) is 6.68. The van der Waals surface area contributed by atoms with Crippen LogP contribution in [0.2, 0.25) is 0 Å². The standard InChI is InChI=1S/C14H25NO4/c1-2-4-11-9-14(13(16)17,6-8-19-11)15-10-12-5-3-7-18-12/h11-12,15H,2-10H2,1H3,(H,16,17). The predicted molar refractivity (Wildman–Crippen MR) is 71.2 cm³/mol. The molecule has 0 aromatic rings. The Labute approximate surface area is 114 Å². The average molecular weight is 271 g/mol.